The van der Waals surface area contributed by atoms with Crippen LogP contribution in [0.3, 0.4) is 0 Å². The van der Waals surface area contributed by atoms with Gasteiger partial charge in [-0.15, -0.1) is 0 Å². The molecule has 2 N–H and O–H groups in total. The first-order valence-electron chi connectivity index (χ1n) is 12.1. The smallest absolute Gasteiger partial charge is 0.267 e. The van der Waals surface area contributed by atoms with Crippen molar-refractivity contribution in [2.75, 3.05) is 32.9 Å². The number of nitrogens with zero attached hydrogens (tertiary/aromatic N) is 1. The average molecular weight is 437 g/mol. The molecule has 0 radical (unpaired) electrons. The summed E-state index contributed by atoms with van der Waals surface area (Å²) in [5, 5.41) is 9.80. The molecule has 1 atom stereocenters. The fraction of sp³-hybridized carbons (Fsp3) is 1.00. The summed E-state index contributed by atoms with van der Waals surface area (Å²) in [7, 11) is -0.111. The molecule has 0 fully saturated rings. The van der Waals surface area contributed by atoms with Gasteiger partial charge < -0.3 is 9.59 Å². The number of aliphatic hydroxyl groups is 1. The molecular weight excluding hydrogens is 386 g/mol. The molecule has 0 aromatic carbocycles. The SMILES string of the molecule is CCCCCCCCCCCCCCCCCC[N+](C)(C)CC(O)CS(=O)(=O)O. The minimum absolute atomic E-state index is 0.346. The summed E-state index contributed by atoms with van der Waals surface area (Å²) in [6, 6.07) is 0. The predicted octanol–water partition coefficient (Wildman–Crippen LogP) is 5.57. The minimum Gasteiger partial charge on any atom is -0.386 e. The van der Waals surface area contributed by atoms with E-state index < -0.39 is 22.0 Å². The molecule has 0 heterocycles. The van der Waals surface area contributed by atoms with Gasteiger partial charge in [-0.1, -0.05) is 96.8 Å². The van der Waals surface area contributed by atoms with Crippen molar-refractivity contribution in [1.82, 2.24) is 0 Å². The molecule has 0 aliphatic carbocycles. The lowest BCUT2D eigenvalue weighted by atomic mass is 10.0. The van der Waals surface area contributed by atoms with Gasteiger partial charge in [0.1, 0.15) is 18.4 Å². The van der Waals surface area contributed by atoms with Crippen molar-refractivity contribution in [1.29, 1.82) is 0 Å². The molecule has 0 spiro atoms. The lowest BCUT2D eigenvalue weighted by molar-refractivity contribution is -0.893. The van der Waals surface area contributed by atoms with Crippen LogP contribution in [0.1, 0.15) is 110 Å². The van der Waals surface area contributed by atoms with Crippen LogP contribution in [0.4, 0.5) is 0 Å². The lowest BCUT2D eigenvalue weighted by Gasteiger charge is -2.31. The van der Waals surface area contributed by atoms with E-state index in [1.165, 1.54) is 96.3 Å². The fourth-order valence-electron chi connectivity index (χ4n) is 4.05. The summed E-state index contributed by atoms with van der Waals surface area (Å²) in [4.78, 5) is 0. The average Bonchev–Trinajstić information content (AvgIpc) is 2.59. The van der Waals surface area contributed by atoms with Crippen LogP contribution in [0.25, 0.3) is 0 Å². The van der Waals surface area contributed by atoms with Crippen LogP contribution in [0, 0.1) is 0 Å². The molecule has 0 bridgehead atoms. The summed E-state index contributed by atoms with van der Waals surface area (Å²) in [6.45, 7) is 3.53. The van der Waals surface area contributed by atoms with E-state index in [4.69, 9.17) is 4.55 Å². The molecule has 0 aromatic heterocycles. The molecule has 0 saturated carbocycles. The molecule has 6 heteroatoms. The third-order valence-corrected chi connectivity index (χ3v) is 6.53. The number of likely N-dealkylation sites (N-methyl/N-ethyl adjacent to an activating group) is 1. The van der Waals surface area contributed by atoms with Crippen LogP contribution in [0.2, 0.25) is 0 Å². The van der Waals surface area contributed by atoms with Gasteiger partial charge in [0.15, 0.2) is 0 Å². The van der Waals surface area contributed by atoms with Gasteiger partial charge in [0, 0.05) is 0 Å². The van der Waals surface area contributed by atoms with Gasteiger partial charge in [-0.25, -0.2) is 0 Å². The number of aliphatic hydroxyl groups excluding tert-OH is 1. The molecule has 5 nitrogen and oxygen atoms in total. The highest BCUT2D eigenvalue weighted by atomic mass is 32.2. The van der Waals surface area contributed by atoms with Crippen molar-refractivity contribution >= 4 is 10.1 Å². The lowest BCUT2D eigenvalue weighted by Crippen LogP contribution is -2.47. The maximum Gasteiger partial charge on any atom is 0.267 e. The van der Waals surface area contributed by atoms with Gasteiger partial charge >= 0.3 is 0 Å². The highest BCUT2D eigenvalue weighted by molar-refractivity contribution is 7.85. The first-order chi connectivity index (χ1) is 13.7. The zero-order valence-corrected chi connectivity index (χ0v) is 20.4. The second kappa shape index (κ2) is 17.5. The Balaban J connectivity index is 3.42. The normalized spacial score (nSPS) is 13.7. The Kier molecular flexibility index (Phi) is 17.4. The van der Waals surface area contributed by atoms with Gasteiger partial charge in [0.2, 0.25) is 0 Å². The van der Waals surface area contributed by atoms with Crippen LogP contribution >= 0.6 is 0 Å². The third-order valence-electron chi connectivity index (χ3n) is 5.72. The van der Waals surface area contributed by atoms with E-state index in [9.17, 15) is 13.5 Å². The first kappa shape index (κ1) is 28.8. The van der Waals surface area contributed by atoms with Gasteiger partial charge in [-0.3, -0.25) is 4.55 Å². The number of unbranched alkanes of at least 4 members (excludes halogenated alkanes) is 15. The highest BCUT2D eigenvalue weighted by Crippen LogP contribution is 2.14. The Bertz CT molecular complexity index is 465. The minimum atomic E-state index is -4.11. The molecule has 0 saturated heterocycles. The Morgan fingerprint density at radius 3 is 1.38 bits per heavy atom. The van der Waals surface area contributed by atoms with Gasteiger partial charge in [-0.05, 0) is 12.8 Å². The van der Waals surface area contributed by atoms with Crippen LogP contribution in [0.5, 0.6) is 0 Å². The maximum absolute atomic E-state index is 10.8. The summed E-state index contributed by atoms with van der Waals surface area (Å²) in [6.07, 6.45) is 20.5. The summed E-state index contributed by atoms with van der Waals surface area (Å²) >= 11 is 0. The molecule has 0 amide bonds. The Morgan fingerprint density at radius 2 is 1.03 bits per heavy atom. The van der Waals surface area contributed by atoms with E-state index in [-0.39, 0.29) is 0 Å². The molecule has 0 aliphatic heterocycles. The number of quaternary nitrogens is 1. The Hall–Kier alpha value is -0.170. The van der Waals surface area contributed by atoms with Crippen molar-refractivity contribution in [3.05, 3.63) is 0 Å². The van der Waals surface area contributed by atoms with Crippen molar-refractivity contribution < 1.29 is 22.6 Å². The zero-order chi connectivity index (χ0) is 22.0. The fourth-order valence-corrected chi connectivity index (χ4v) is 4.64. The summed E-state index contributed by atoms with van der Waals surface area (Å²) in [5.74, 6) is -0.576. The van der Waals surface area contributed by atoms with Crippen molar-refractivity contribution in [2.45, 2.75) is 116 Å². The van der Waals surface area contributed by atoms with Crippen LogP contribution in [-0.2, 0) is 10.1 Å². The standard InChI is InChI=1S/C23H49NO4S/c1-4-5-6-7-8-9-10-11-12-13-14-15-16-17-18-19-20-24(2,3)21-23(25)22-29(26,27)28/h23,25H,4-22H2,1-3H3/p+1. The Morgan fingerprint density at radius 1 is 0.690 bits per heavy atom. The van der Waals surface area contributed by atoms with Gasteiger partial charge in [-0.2, -0.15) is 8.42 Å². The molecule has 0 rings (SSSR count). The molecule has 0 aromatic rings. The summed E-state index contributed by atoms with van der Waals surface area (Å²) < 4.78 is 31.1. The van der Waals surface area contributed by atoms with Crippen molar-refractivity contribution in [2.24, 2.45) is 0 Å². The van der Waals surface area contributed by atoms with E-state index in [1.54, 1.807) is 0 Å². The molecular formula is C23H50NO4S+. The van der Waals surface area contributed by atoms with Gasteiger partial charge in [0.25, 0.3) is 10.1 Å². The van der Waals surface area contributed by atoms with Crippen molar-refractivity contribution in [3.8, 4) is 0 Å². The van der Waals surface area contributed by atoms with Crippen LogP contribution in [-0.4, -0.2) is 61.6 Å². The molecule has 0 aliphatic rings. The van der Waals surface area contributed by atoms with Crippen LogP contribution < -0.4 is 0 Å². The summed E-state index contributed by atoms with van der Waals surface area (Å²) in [5.41, 5.74) is 0. The number of hydrogen-bond acceptors (Lipinski definition) is 3. The second-order valence-corrected chi connectivity index (χ2v) is 11.0. The molecule has 29 heavy (non-hydrogen) atoms. The predicted molar refractivity (Wildman–Crippen MR) is 124 cm³/mol. The number of hydrogen-bond donors (Lipinski definition) is 2. The van der Waals surface area contributed by atoms with E-state index in [0.29, 0.717) is 11.0 Å². The van der Waals surface area contributed by atoms with E-state index in [0.717, 1.165) is 13.0 Å². The topological polar surface area (TPSA) is 74.6 Å². The largest absolute Gasteiger partial charge is 0.386 e. The van der Waals surface area contributed by atoms with Crippen molar-refractivity contribution in [3.63, 3.8) is 0 Å². The van der Waals surface area contributed by atoms with E-state index >= 15 is 0 Å². The van der Waals surface area contributed by atoms with E-state index in [2.05, 4.69) is 6.92 Å². The first-order valence-corrected chi connectivity index (χ1v) is 13.7. The monoisotopic (exact) mass is 436 g/mol. The van der Waals surface area contributed by atoms with E-state index in [1.807, 2.05) is 14.1 Å². The highest BCUT2D eigenvalue weighted by Gasteiger charge is 2.23. The quantitative estimate of drug-likeness (QED) is 0.140. The molecule has 176 valence electrons. The zero-order valence-electron chi connectivity index (χ0n) is 19.6. The maximum atomic E-state index is 10.8. The Labute approximate surface area is 181 Å². The molecule has 1 unspecified atom stereocenters. The second-order valence-electron chi connectivity index (χ2n) is 9.55. The third kappa shape index (κ3) is 22.3. The van der Waals surface area contributed by atoms with Gasteiger partial charge in [0.05, 0.1) is 20.6 Å². The van der Waals surface area contributed by atoms with Crippen LogP contribution in [0.15, 0.2) is 0 Å². The number of rotatable bonds is 21.